The molecule has 7 heteroatoms. The lowest BCUT2D eigenvalue weighted by molar-refractivity contribution is -0.137. The van der Waals surface area contributed by atoms with Crippen LogP contribution in [0.2, 0.25) is 0 Å². The molecule has 0 amide bonds. The molecule has 0 aliphatic heterocycles. The summed E-state index contributed by atoms with van der Waals surface area (Å²) in [5, 5.41) is 9.76. The second kappa shape index (κ2) is 6.33. The molecule has 0 aliphatic carbocycles. The van der Waals surface area contributed by atoms with Crippen molar-refractivity contribution in [2.75, 3.05) is 7.11 Å². The third-order valence-corrected chi connectivity index (χ3v) is 4.07. The second-order valence-corrected chi connectivity index (χ2v) is 5.77. The Morgan fingerprint density at radius 2 is 1.85 bits per heavy atom. The van der Waals surface area contributed by atoms with Gasteiger partial charge in [-0.3, -0.25) is 0 Å². The average molecular weight is 361 g/mol. The predicted octanol–water partition coefficient (Wildman–Crippen LogP) is 4.94. The van der Waals surface area contributed by atoms with Gasteiger partial charge in [-0.25, -0.2) is 9.78 Å². The summed E-state index contributed by atoms with van der Waals surface area (Å²) in [4.78, 5) is 15.6. The molecule has 0 unspecified atom stereocenters. The molecule has 3 rings (SSSR count). The molecule has 0 fully saturated rings. The number of aromatic carboxylic acids is 1. The lowest BCUT2D eigenvalue weighted by Crippen LogP contribution is -2.05. The van der Waals surface area contributed by atoms with Crippen LogP contribution in [-0.2, 0) is 6.18 Å². The van der Waals surface area contributed by atoms with Crippen LogP contribution in [0.1, 0.15) is 21.5 Å². The Balaban J connectivity index is 2.20. The number of aryl methyl sites for hydroxylation is 1. The van der Waals surface area contributed by atoms with E-state index >= 15 is 0 Å². The number of rotatable bonds is 3. The first-order valence-electron chi connectivity index (χ1n) is 7.61. The monoisotopic (exact) mass is 361 g/mol. The number of fused-ring (bicyclic) bond motifs is 1. The van der Waals surface area contributed by atoms with Gasteiger partial charge in [0.15, 0.2) is 0 Å². The lowest BCUT2D eigenvalue weighted by Gasteiger charge is -2.13. The highest BCUT2D eigenvalue weighted by Crippen LogP contribution is 2.35. The molecular weight excluding hydrogens is 347 g/mol. The highest BCUT2D eigenvalue weighted by Gasteiger charge is 2.30. The van der Waals surface area contributed by atoms with E-state index in [4.69, 9.17) is 9.84 Å². The van der Waals surface area contributed by atoms with Crippen molar-refractivity contribution >= 4 is 16.9 Å². The molecule has 0 bridgehead atoms. The molecule has 0 radical (unpaired) electrons. The Labute approximate surface area is 146 Å². The summed E-state index contributed by atoms with van der Waals surface area (Å²) in [6.45, 7) is 1.57. The van der Waals surface area contributed by atoms with E-state index in [1.807, 2.05) is 0 Å². The molecule has 134 valence electrons. The van der Waals surface area contributed by atoms with Crippen LogP contribution in [0.5, 0.6) is 5.75 Å². The zero-order valence-corrected chi connectivity index (χ0v) is 13.9. The number of carboxylic acid groups (broad SMARTS) is 1. The molecule has 0 atom stereocenters. The summed E-state index contributed by atoms with van der Waals surface area (Å²) in [7, 11) is 1.46. The molecule has 1 aromatic heterocycles. The van der Waals surface area contributed by atoms with Crippen LogP contribution in [0.3, 0.4) is 0 Å². The quantitative estimate of drug-likeness (QED) is 0.718. The van der Waals surface area contributed by atoms with E-state index in [0.717, 1.165) is 12.1 Å². The zero-order chi connectivity index (χ0) is 19.1. The number of nitrogens with zero attached hydrogens (tertiary/aromatic N) is 1. The molecule has 1 heterocycles. The number of carboxylic acids is 1. The first-order chi connectivity index (χ1) is 12.2. The Bertz CT molecular complexity index is 1010. The minimum atomic E-state index is -4.42. The van der Waals surface area contributed by atoms with Crippen molar-refractivity contribution in [2.45, 2.75) is 13.1 Å². The van der Waals surface area contributed by atoms with Crippen molar-refractivity contribution in [1.82, 2.24) is 4.98 Å². The average Bonchev–Trinajstić information content (AvgIpc) is 2.59. The molecule has 1 N–H and O–H groups in total. The smallest absolute Gasteiger partial charge is 0.416 e. The van der Waals surface area contributed by atoms with Gasteiger partial charge in [-0.05, 0) is 42.8 Å². The number of hydrogen-bond acceptors (Lipinski definition) is 3. The third-order valence-electron chi connectivity index (χ3n) is 4.07. The van der Waals surface area contributed by atoms with Gasteiger partial charge in [0.2, 0.25) is 0 Å². The number of pyridine rings is 1. The number of ether oxygens (including phenoxy) is 1. The van der Waals surface area contributed by atoms with Gasteiger partial charge >= 0.3 is 12.1 Å². The van der Waals surface area contributed by atoms with Crippen LogP contribution in [0.15, 0.2) is 42.5 Å². The number of alkyl halides is 3. The molecule has 3 aromatic rings. The van der Waals surface area contributed by atoms with Crippen molar-refractivity contribution in [1.29, 1.82) is 0 Å². The van der Waals surface area contributed by atoms with Crippen LogP contribution >= 0.6 is 0 Å². The SMILES string of the molecule is COc1cc(-c2ccc(C(F)(F)F)cc2C)nc2cc(C(=O)O)ccc12. The van der Waals surface area contributed by atoms with Crippen molar-refractivity contribution in [2.24, 2.45) is 0 Å². The lowest BCUT2D eigenvalue weighted by atomic mass is 10.0. The maximum absolute atomic E-state index is 12.9. The molecular formula is C19H14F3NO3. The van der Waals surface area contributed by atoms with Gasteiger partial charge in [-0.2, -0.15) is 13.2 Å². The van der Waals surface area contributed by atoms with E-state index in [0.29, 0.717) is 33.5 Å². The van der Waals surface area contributed by atoms with Gasteiger partial charge in [0.25, 0.3) is 0 Å². The van der Waals surface area contributed by atoms with E-state index in [-0.39, 0.29) is 5.56 Å². The molecule has 0 saturated heterocycles. The summed E-state index contributed by atoms with van der Waals surface area (Å²) in [5.74, 6) is -0.634. The highest BCUT2D eigenvalue weighted by molar-refractivity contribution is 5.96. The Hall–Kier alpha value is -3.09. The Morgan fingerprint density at radius 3 is 2.42 bits per heavy atom. The van der Waals surface area contributed by atoms with Gasteiger partial charge < -0.3 is 9.84 Å². The number of hydrogen-bond donors (Lipinski definition) is 1. The van der Waals surface area contributed by atoms with Crippen LogP contribution in [0.4, 0.5) is 13.2 Å². The van der Waals surface area contributed by atoms with Gasteiger partial charge in [0.1, 0.15) is 5.75 Å². The summed E-state index contributed by atoms with van der Waals surface area (Å²) in [6.07, 6.45) is -4.42. The summed E-state index contributed by atoms with van der Waals surface area (Å²) in [5.41, 5.74) is 1.04. The van der Waals surface area contributed by atoms with E-state index in [1.165, 1.54) is 25.3 Å². The number of methoxy groups -OCH3 is 1. The van der Waals surface area contributed by atoms with Crippen molar-refractivity contribution < 1.29 is 27.8 Å². The summed E-state index contributed by atoms with van der Waals surface area (Å²) >= 11 is 0. The molecule has 26 heavy (non-hydrogen) atoms. The first kappa shape index (κ1) is 17.7. The fourth-order valence-corrected chi connectivity index (χ4v) is 2.76. The van der Waals surface area contributed by atoms with Gasteiger partial charge in [0.05, 0.1) is 29.4 Å². The molecule has 0 saturated carbocycles. The van der Waals surface area contributed by atoms with Crippen molar-refractivity contribution in [3.63, 3.8) is 0 Å². The topological polar surface area (TPSA) is 59.4 Å². The van der Waals surface area contributed by atoms with Crippen LogP contribution in [0, 0.1) is 6.92 Å². The van der Waals surface area contributed by atoms with Crippen LogP contribution in [-0.4, -0.2) is 23.2 Å². The van der Waals surface area contributed by atoms with Gasteiger partial charge in [-0.1, -0.05) is 6.07 Å². The normalized spacial score (nSPS) is 11.6. The van der Waals surface area contributed by atoms with Crippen molar-refractivity contribution in [3.8, 4) is 17.0 Å². The molecule has 0 aliphatic rings. The Kier molecular flexibility index (Phi) is 4.31. The fourth-order valence-electron chi connectivity index (χ4n) is 2.76. The van der Waals surface area contributed by atoms with E-state index in [1.54, 1.807) is 19.1 Å². The number of halogens is 3. The number of benzene rings is 2. The predicted molar refractivity (Wildman–Crippen MR) is 90.4 cm³/mol. The maximum Gasteiger partial charge on any atom is 0.416 e. The van der Waals surface area contributed by atoms with E-state index < -0.39 is 17.7 Å². The molecule has 4 nitrogen and oxygen atoms in total. The number of aromatic nitrogens is 1. The fraction of sp³-hybridized carbons (Fsp3) is 0.158. The number of carbonyl (C=O) groups is 1. The first-order valence-corrected chi connectivity index (χ1v) is 7.61. The standard InChI is InChI=1S/C19H14F3NO3/c1-10-7-12(19(20,21)22)4-6-13(10)16-9-17(26-2)14-5-3-11(18(24)25)8-15(14)23-16/h3-9H,1-2H3,(H,24,25). The van der Waals surface area contributed by atoms with Gasteiger partial charge in [-0.15, -0.1) is 0 Å². The minimum absolute atomic E-state index is 0.0633. The van der Waals surface area contributed by atoms with Crippen LogP contribution < -0.4 is 4.74 Å². The second-order valence-electron chi connectivity index (χ2n) is 5.77. The van der Waals surface area contributed by atoms with E-state index in [9.17, 15) is 18.0 Å². The molecule has 0 spiro atoms. The maximum atomic E-state index is 12.9. The zero-order valence-electron chi connectivity index (χ0n) is 13.9. The Morgan fingerprint density at radius 1 is 1.12 bits per heavy atom. The minimum Gasteiger partial charge on any atom is -0.496 e. The van der Waals surface area contributed by atoms with Gasteiger partial charge in [0, 0.05) is 17.0 Å². The van der Waals surface area contributed by atoms with Crippen LogP contribution in [0.25, 0.3) is 22.2 Å². The molecule has 2 aromatic carbocycles. The third kappa shape index (κ3) is 3.20. The summed E-state index contributed by atoms with van der Waals surface area (Å²) < 4.78 is 43.9. The summed E-state index contributed by atoms with van der Waals surface area (Å²) in [6, 6.07) is 9.47. The van der Waals surface area contributed by atoms with Crippen molar-refractivity contribution in [3.05, 3.63) is 59.2 Å². The van der Waals surface area contributed by atoms with E-state index in [2.05, 4.69) is 4.98 Å². The largest absolute Gasteiger partial charge is 0.496 e. The highest BCUT2D eigenvalue weighted by atomic mass is 19.4.